The second-order valence-electron chi connectivity index (χ2n) is 7.02. The number of nitrogens with zero attached hydrogens (tertiary/aromatic N) is 3. The van der Waals surface area contributed by atoms with Crippen molar-refractivity contribution in [3.8, 4) is 5.75 Å². The van der Waals surface area contributed by atoms with Crippen molar-refractivity contribution in [1.82, 2.24) is 9.55 Å². The van der Waals surface area contributed by atoms with Gasteiger partial charge in [0.1, 0.15) is 5.75 Å². The number of aromatic nitrogens is 2. The zero-order chi connectivity index (χ0) is 22.8. The van der Waals surface area contributed by atoms with E-state index in [1.807, 2.05) is 42.6 Å². The average Bonchev–Trinajstić information content (AvgIpc) is 3.21. The summed E-state index contributed by atoms with van der Waals surface area (Å²) in [6, 6.07) is 12.6. The molecule has 0 spiro atoms. The molecule has 31 heavy (non-hydrogen) atoms. The van der Waals surface area contributed by atoms with Crippen LogP contribution in [0.2, 0.25) is 5.02 Å². The summed E-state index contributed by atoms with van der Waals surface area (Å²) in [6.07, 6.45) is 7.79. The summed E-state index contributed by atoms with van der Waals surface area (Å²) in [6.45, 7) is 5.13. The van der Waals surface area contributed by atoms with Crippen molar-refractivity contribution in [3.05, 3.63) is 86.9 Å². The maximum Gasteiger partial charge on any atom is 0.291 e. The fraction of sp³-hybridized carbons (Fsp3) is 0.318. The second kappa shape index (κ2) is 12.2. The number of imidazole rings is 1. The number of thioether (sulfide) groups is 1. The third kappa shape index (κ3) is 8.51. The minimum absolute atomic E-state index is 0.403. The highest BCUT2D eigenvalue weighted by molar-refractivity contribution is 8.00. The summed E-state index contributed by atoms with van der Waals surface area (Å²) in [5, 5.41) is 14.9. The first-order valence-electron chi connectivity index (χ1n) is 9.63. The van der Waals surface area contributed by atoms with E-state index >= 15 is 0 Å². The quantitative estimate of drug-likeness (QED) is 0.265. The van der Waals surface area contributed by atoms with Crippen LogP contribution in [0.3, 0.4) is 0 Å². The van der Waals surface area contributed by atoms with Crippen molar-refractivity contribution >= 4 is 23.4 Å². The van der Waals surface area contributed by atoms with Gasteiger partial charge in [-0.25, -0.2) is 4.98 Å². The standard InChI is InChI=1S/C22H25ClN2OS.HNO3/c1-16-12-17(2)22(21(23)13-16)27-20(14-25-11-10-24-15-25)9-6-18-4-7-19(26-3)8-5-18;2-1(3)4/h4-5,7-8,10-13,15,20H,6,9,14H2,1-3H3;(H,2,3,4). The van der Waals surface area contributed by atoms with Gasteiger partial charge in [-0.05, 0) is 61.6 Å². The van der Waals surface area contributed by atoms with Gasteiger partial charge in [-0.1, -0.05) is 29.8 Å². The Morgan fingerprint density at radius 3 is 2.52 bits per heavy atom. The molecule has 0 saturated carbocycles. The number of rotatable bonds is 8. The molecular weight excluding hydrogens is 438 g/mol. The molecular formula is C22H26ClN3O4S. The topological polar surface area (TPSA) is 90.4 Å². The van der Waals surface area contributed by atoms with Gasteiger partial charge in [0.2, 0.25) is 0 Å². The molecule has 1 unspecified atom stereocenters. The molecule has 0 fully saturated rings. The van der Waals surface area contributed by atoms with Crippen molar-refractivity contribution < 1.29 is 15.0 Å². The Balaban J connectivity index is 0.000000785. The van der Waals surface area contributed by atoms with E-state index in [4.69, 9.17) is 31.7 Å². The summed E-state index contributed by atoms with van der Waals surface area (Å²) in [5.74, 6) is 0.894. The van der Waals surface area contributed by atoms with Crippen molar-refractivity contribution in [2.24, 2.45) is 0 Å². The molecule has 0 saturated heterocycles. The lowest BCUT2D eigenvalue weighted by atomic mass is 10.1. The molecule has 0 radical (unpaired) electrons. The number of ether oxygens (including phenoxy) is 1. The highest BCUT2D eigenvalue weighted by Crippen LogP contribution is 2.36. The molecule has 7 nitrogen and oxygen atoms in total. The SMILES string of the molecule is COc1ccc(CCC(Cn2ccnc2)Sc2c(C)cc(C)cc2Cl)cc1.O=[N+]([O-])O. The molecule has 9 heteroatoms. The first kappa shape index (κ1) is 24.6. The number of halogens is 1. The molecule has 3 aromatic rings. The Hall–Kier alpha value is -2.71. The monoisotopic (exact) mass is 463 g/mol. The van der Waals surface area contributed by atoms with E-state index < -0.39 is 5.09 Å². The van der Waals surface area contributed by atoms with Crippen LogP contribution < -0.4 is 4.74 Å². The van der Waals surface area contributed by atoms with Crippen LogP contribution in [0.25, 0.3) is 0 Å². The molecule has 0 aliphatic carbocycles. The van der Waals surface area contributed by atoms with E-state index in [0.717, 1.165) is 30.2 Å². The van der Waals surface area contributed by atoms with Crippen molar-refractivity contribution in [2.75, 3.05) is 7.11 Å². The van der Waals surface area contributed by atoms with Gasteiger partial charge in [-0.3, -0.25) is 0 Å². The molecule has 0 aliphatic rings. The van der Waals surface area contributed by atoms with Gasteiger partial charge in [-0.2, -0.15) is 0 Å². The zero-order valence-corrected chi connectivity index (χ0v) is 19.3. The molecule has 0 amide bonds. The first-order valence-corrected chi connectivity index (χ1v) is 10.9. The molecule has 1 N–H and O–H groups in total. The Morgan fingerprint density at radius 1 is 1.29 bits per heavy atom. The van der Waals surface area contributed by atoms with E-state index in [1.54, 1.807) is 7.11 Å². The zero-order valence-electron chi connectivity index (χ0n) is 17.7. The number of aryl methyl sites for hydroxylation is 3. The first-order chi connectivity index (χ1) is 14.8. The summed E-state index contributed by atoms with van der Waals surface area (Å²) in [5.41, 5.74) is 3.76. The van der Waals surface area contributed by atoms with E-state index in [-0.39, 0.29) is 0 Å². The predicted molar refractivity (Wildman–Crippen MR) is 123 cm³/mol. The lowest BCUT2D eigenvalue weighted by Crippen LogP contribution is -2.13. The van der Waals surface area contributed by atoms with Gasteiger partial charge in [0.05, 0.1) is 18.5 Å². The number of methoxy groups -OCH3 is 1. The molecule has 1 atom stereocenters. The van der Waals surface area contributed by atoms with E-state index in [9.17, 15) is 0 Å². The van der Waals surface area contributed by atoms with Crippen molar-refractivity contribution in [1.29, 1.82) is 0 Å². The Kier molecular flexibility index (Phi) is 9.68. The van der Waals surface area contributed by atoms with E-state index in [2.05, 4.69) is 47.7 Å². The number of benzene rings is 2. The molecule has 166 valence electrons. The van der Waals surface area contributed by atoms with Crippen LogP contribution in [-0.4, -0.2) is 32.2 Å². The minimum atomic E-state index is -1.50. The molecule has 1 heterocycles. The van der Waals surface area contributed by atoms with Gasteiger partial charge in [-0.15, -0.1) is 21.9 Å². The van der Waals surface area contributed by atoms with Crippen LogP contribution >= 0.6 is 23.4 Å². The Labute approximate surface area is 191 Å². The molecule has 3 rings (SSSR count). The lowest BCUT2D eigenvalue weighted by molar-refractivity contribution is -0.742. The highest BCUT2D eigenvalue weighted by Gasteiger charge is 2.16. The Bertz CT molecular complexity index is 938. The van der Waals surface area contributed by atoms with Crippen LogP contribution in [0.15, 0.2) is 60.0 Å². The molecule has 0 aliphatic heterocycles. The minimum Gasteiger partial charge on any atom is -0.497 e. The summed E-state index contributed by atoms with van der Waals surface area (Å²) >= 11 is 8.43. The lowest BCUT2D eigenvalue weighted by Gasteiger charge is -2.20. The maximum absolute atomic E-state index is 8.36. The second-order valence-corrected chi connectivity index (χ2v) is 8.73. The third-order valence-corrected chi connectivity index (χ3v) is 6.45. The van der Waals surface area contributed by atoms with Crippen LogP contribution in [-0.2, 0) is 13.0 Å². The smallest absolute Gasteiger partial charge is 0.291 e. The van der Waals surface area contributed by atoms with Crippen molar-refractivity contribution in [3.63, 3.8) is 0 Å². The van der Waals surface area contributed by atoms with Gasteiger partial charge in [0, 0.05) is 29.1 Å². The van der Waals surface area contributed by atoms with E-state index in [1.165, 1.54) is 21.6 Å². The van der Waals surface area contributed by atoms with Gasteiger partial charge in [0.15, 0.2) is 0 Å². The predicted octanol–water partition coefficient (Wildman–Crippen LogP) is 5.61. The highest BCUT2D eigenvalue weighted by atomic mass is 35.5. The summed E-state index contributed by atoms with van der Waals surface area (Å²) < 4.78 is 7.39. The van der Waals surface area contributed by atoms with Crippen LogP contribution in [0.1, 0.15) is 23.1 Å². The number of hydrogen-bond donors (Lipinski definition) is 1. The van der Waals surface area contributed by atoms with Crippen LogP contribution in [0.4, 0.5) is 0 Å². The van der Waals surface area contributed by atoms with Crippen LogP contribution in [0, 0.1) is 24.0 Å². The molecule has 0 bridgehead atoms. The largest absolute Gasteiger partial charge is 0.497 e. The average molecular weight is 464 g/mol. The normalized spacial score (nSPS) is 11.4. The molecule has 1 aromatic heterocycles. The fourth-order valence-electron chi connectivity index (χ4n) is 3.16. The van der Waals surface area contributed by atoms with Crippen molar-refractivity contribution in [2.45, 2.75) is 43.4 Å². The molecule has 2 aromatic carbocycles. The summed E-state index contributed by atoms with van der Waals surface area (Å²) in [7, 11) is 1.69. The Morgan fingerprint density at radius 2 is 1.97 bits per heavy atom. The van der Waals surface area contributed by atoms with Gasteiger partial charge >= 0.3 is 0 Å². The number of hydrogen-bond acceptors (Lipinski definition) is 5. The third-order valence-electron chi connectivity index (χ3n) is 4.55. The summed E-state index contributed by atoms with van der Waals surface area (Å²) in [4.78, 5) is 13.7. The fourth-order valence-corrected chi connectivity index (χ4v) is 4.84. The van der Waals surface area contributed by atoms with Gasteiger partial charge < -0.3 is 14.5 Å². The van der Waals surface area contributed by atoms with Crippen LogP contribution in [0.5, 0.6) is 5.75 Å². The maximum atomic E-state index is 8.36. The van der Waals surface area contributed by atoms with Gasteiger partial charge in [0.25, 0.3) is 5.09 Å². The van der Waals surface area contributed by atoms with E-state index in [0.29, 0.717) is 5.25 Å².